The molecule has 2 amide bonds. The highest BCUT2D eigenvalue weighted by atomic mass is 35.5. The van der Waals surface area contributed by atoms with Crippen molar-refractivity contribution in [1.29, 1.82) is 0 Å². The maximum atomic E-state index is 13.1. The first-order chi connectivity index (χ1) is 15.9. The van der Waals surface area contributed by atoms with E-state index in [4.69, 9.17) is 11.6 Å². The zero-order chi connectivity index (χ0) is 23.1. The zero-order valence-electron chi connectivity index (χ0n) is 18.3. The molecule has 2 N–H and O–H groups in total. The second-order valence-corrected chi connectivity index (χ2v) is 9.90. The highest BCUT2D eigenvalue weighted by molar-refractivity contribution is 7.20. The molecule has 0 radical (unpaired) electrons. The standard InChI is InChI=1S/C25H23ClN4O2S/c1-14-3-6-17(23(31)27-19-9-10-19)11-21(14)28-24(32)22-12-20-15(2)29-30(25(20)33-22)13-16-4-7-18(26)8-5-16/h3-8,11-12,19H,9-10,13H2,1-2H3,(H,27,31)(H,28,32). The second-order valence-electron chi connectivity index (χ2n) is 8.43. The number of carbonyl (C=O) groups excluding carboxylic acids is 2. The molecule has 1 fully saturated rings. The van der Waals surface area contributed by atoms with Crippen LogP contribution in [0.25, 0.3) is 10.2 Å². The lowest BCUT2D eigenvalue weighted by Gasteiger charge is -2.10. The van der Waals surface area contributed by atoms with Crippen molar-refractivity contribution in [2.75, 3.05) is 5.32 Å². The van der Waals surface area contributed by atoms with Gasteiger partial charge in [-0.05, 0) is 68.1 Å². The summed E-state index contributed by atoms with van der Waals surface area (Å²) in [4.78, 5) is 27.0. The van der Waals surface area contributed by atoms with Crippen LogP contribution in [-0.4, -0.2) is 27.6 Å². The molecule has 0 atom stereocenters. The van der Waals surface area contributed by atoms with Gasteiger partial charge in [-0.3, -0.25) is 14.3 Å². The van der Waals surface area contributed by atoms with Crippen LogP contribution in [0.1, 0.15) is 49.7 Å². The number of thiophene rings is 1. The summed E-state index contributed by atoms with van der Waals surface area (Å²) in [7, 11) is 0. The largest absolute Gasteiger partial charge is 0.349 e. The van der Waals surface area contributed by atoms with E-state index in [2.05, 4.69) is 15.7 Å². The second kappa shape index (κ2) is 8.65. The van der Waals surface area contributed by atoms with E-state index in [1.807, 2.05) is 54.9 Å². The smallest absolute Gasteiger partial charge is 0.265 e. The Labute approximate surface area is 200 Å². The molecule has 1 aliphatic carbocycles. The van der Waals surface area contributed by atoms with Crippen molar-refractivity contribution in [3.8, 4) is 0 Å². The fraction of sp³-hybridized carbons (Fsp3) is 0.240. The Balaban J connectivity index is 1.37. The van der Waals surface area contributed by atoms with Crippen molar-refractivity contribution in [3.63, 3.8) is 0 Å². The number of carbonyl (C=O) groups is 2. The lowest BCUT2D eigenvalue weighted by Crippen LogP contribution is -2.25. The number of nitrogens with one attached hydrogen (secondary N) is 2. The molecule has 1 saturated carbocycles. The van der Waals surface area contributed by atoms with Crippen LogP contribution in [0.2, 0.25) is 5.02 Å². The minimum Gasteiger partial charge on any atom is -0.349 e. The number of amides is 2. The molecule has 8 heteroatoms. The van der Waals surface area contributed by atoms with Gasteiger partial charge in [-0.15, -0.1) is 11.3 Å². The maximum Gasteiger partial charge on any atom is 0.265 e. The number of rotatable bonds is 6. The van der Waals surface area contributed by atoms with Crippen molar-refractivity contribution in [2.24, 2.45) is 0 Å². The monoisotopic (exact) mass is 478 g/mol. The van der Waals surface area contributed by atoms with Crippen molar-refractivity contribution in [2.45, 2.75) is 39.3 Å². The van der Waals surface area contributed by atoms with E-state index in [1.165, 1.54) is 11.3 Å². The molecule has 0 spiro atoms. The Morgan fingerprint density at radius 3 is 2.58 bits per heavy atom. The van der Waals surface area contributed by atoms with Gasteiger partial charge in [0.05, 0.1) is 17.1 Å². The molecule has 5 rings (SSSR count). The fourth-order valence-corrected chi connectivity index (χ4v) is 4.85. The SMILES string of the molecule is Cc1ccc(C(=O)NC2CC2)cc1NC(=O)c1cc2c(C)nn(Cc3ccc(Cl)cc3)c2s1. The van der Waals surface area contributed by atoms with Gasteiger partial charge < -0.3 is 10.6 Å². The predicted octanol–water partition coefficient (Wildman–Crippen LogP) is 5.56. The summed E-state index contributed by atoms with van der Waals surface area (Å²) in [5.41, 5.74) is 4.05. The minimum absolute atomic E-state index is 0.104. The minimum atomic E-state index is -0.198. The third kappa shape index (κ3) is 4.65. The summed E-state index contributed by atoms with van der Waals surface area (Å²) in [6, 6.07) is 15.2. The third-order valence-corrected chi connectivity index (χ3v) is 7.14. The Kier molecular flexibility index (Phi) is 5.68. The molecule has 2 aromatic heterocycles. The predicted molar refractivity (Wildman–Crippen MR) is 133 cm³/mol. The summed E-state index contributed by atoms with van der Waals surface area (Å²) in [5.74, 6) is -0.302. The van der Waals surface area contributed by atoms with E-state index < -0.39 is 0 Å². The van der Waals surface area contributed by atoms with Crippen LogP contribution in [0.4, 0.5) is 5.69 Å². The number of aryl methyl sites for hydroxylation is 2. The lowest BCUT2D eigenvalue weighted by atomic mass is 10.1. The highest BCUT2D eigenvalue weighted by Gasteiger charge is 2.24. The van der Waals surface area contributed by atoms with Crippen LogP contribution < -0.4 is 10.6 Å². The van der Waals surface area contributed by atoms with Crippen LogP contribution in [0, 0.1) is 13.8 Å². The van der Waals surface area contributed by atoms with Gasteiger partial charge in [-0.1, -0.05) is 29.8 Å². The Hall–Kier alpha value is -3.16. The number of fused-ring (bicyclic) bond motifs is 1. The Morgan fingerprint density at radius 2 is 1.85 bits per heavy atom. The van der Waals surface area contributed by atoms with Crippen molar-refractivity contribution < 1.29 is 9.59 Å². The Morgan fingerprint density at radius 1 is 1.09 bits per heavy atom. The molecule has 4 aromatic rings. The molecule has 6 nitrogen and oxygen atoms in total. The average molecular weight is 479 g/mol. The van der Waals surface area contributed by atoms with Gasteiger partial charge >= 0.3 is 0 Å². The van der Waals surface area contributed by atoms with E-state index in [-0.39, 0.29) is 17.9 Å². The van der Waals surface area contributed by atoms with Crippen molar-refractivity contribution >= 4 is 50.7 Å². The van der Waals surface area contributed by atoms with Crippen LogP contribution in [0.3, 0.4) is 0 Å². The van der Waals surface area contributed by atoms with E-state index in [0.717, 1.165) is 39.9 Å². The molecule has 0 saturated heterocycles. The highest BCUT2D eigenvalue weighted by Crippen LogP contribution is 2.30. The summed E-state index contributed by atoms with van der Waals surface area (Å²) in [6.07, 6.45) is 2.06. The molecular formula is C25H23ClN4O2S. The number of aromatic nitrogens is 2. The third-order valence-electron chi connectivity index (χ3n) is 5.74. The van der Waals surface area contributed by atoms with Gasteiger partial charge in [-0.25, -0.2) is 0 Å². The van der Waals surface area contributed by atoms with Crippen LogP contribution in [0.15, 0.2) is 48.5 Å². The summed E-state index contributed by atoms with van der Waals surface area (Å²) < 4.78 is 1.92. The van der Waals surface area contributed by atoms with Crippen LogP contribution >= 0.6 is 22.9 Å². The molecule has 2 heterocycles. The normalized spacial score (nSPS) is 13.3. The number of halogens is 1. The van der Waals surface area contributed by atoms with Gasteiger partial charge in [0.15, 0.2) is 0 Å². The average Bonchev–Trinajstić information content (AvgIpc) is 3.40. The first kappa shape index (κ1) is 21.7. The molecule has 168 valence electrons. The molecule has 0 bridgehead atoms. The fourth-order valence-electron chi connectivity index (χ4n) is 3.67. The van der Waals surface area contributed by atoms with Gasteiger partial charge in [0, 0.05) is 27.7 Å². The maximum absolute atomic E-state index is 13.1. The number of nitrogens with zero attached hydrogens (tertiary/aromatic N) is 2. The van der Waals surface area contributed by atoms with Gasteiger partial charge in [0.25, 0.3) is 11.8 Å². The first-order valence-corrected chi connectivity index (χ1v) is 12.0. The number of anilines is 1. The molecule has 1 aliphatic rings. The summed E-state index contributed by atoms with van der Waals surface area (Å²) in [5, 5.41) is 12.3. The van der Waals surface area contributed by atoms with E-state index in [0.29, 0.717) is 27.7 Å². The van der Waals surface area contributed by atoms with Crippen molar-refractivity contribution in [1.82, 2.24) is 15.1 Å². The first-order valence-electron chi connectivity index (χ1n) is 10.8. The molecule has 0 aliphatic heterocycles. The number of benzene rings is 2. The summed E-state index contributed by atoms with van der Waals surface area (Å²) in [6.45, 7) is 4.46. The van der Waals surface area contributed by atoms with Crippen LogP contribution in [0.5, 0.6) is 0 Å². The van der Waals surface area contributed by atoms with Gasteiger partial charge in [0.1, 0.15) is 4.83 Å². The topological polar surface area (TPSA) is 76.0 Å². The number of hydrogen-bond acceptors (Lipinski definition) is 4. The quantitative estimate of drug-likeness (QED) is 0.381. The Bertz CT molecular complexity index is 1370. The van der Waals surface area contributed by atoms with E-state index in [9.17, 15) is 9.59 Å². The van der Waals surface area contributed by atoms with E-state index >= 15 is 0 Å². The van der Waals surface area contributed by atoms with Crippen LogP contribution in [-0.2, 0) is 6.54 Å². The number of hydrogen-bond donors (Lipinski definition) is 2. The summed E-state index contributed by atoms with van der Waals surface area (Å²) >= 11 is 7.41. The lowest BCUT2D eigenvalue weighted by molar-refractivity contribution is 0.0949. The molecule has 33 heavy (non-hydrogen) atoms. The molecular weight excluding hydrogens is 456 g/mol. The zero-order valence-corrected chi connectivity index (χ0v) is 19.9. The van der Waals surface area contributed by atoms with Crippen molar-refractivity contribution in [3.05, 3.63) is 80.8 Å². The van der Waals surface area contributed by atoms with Gasteiger partial charge in [0.2, 0.25) is 0 Å². The molecule has 0 unspecified atom stereocenters. The molecule has 2 aromatic carbocycles. The van der Waals surface area contributed by atoms with E-state index in [1.54, 1.807) is 12.1 Å². The van der Waals surface area contributed by atoms with Gasteiger partial charge in [-0.2, -0.15) is 5.10 Å².